The van der Waals surface area contributed by atoms with Crippen LogP contribution in [0.3, 0.4) is 0 Å². The molecule has 0 fully saturated rings. The largest absolute Gasteiger partial charge is 0.478 e. The molecular formula is C21H15ClFNO4. The van der Waals surface area contributed by atoms with Gasteiger partial charge in [-0.1, -0.05) is 23.7 Å². The summed E-state index contributed by atoms with van der Waals surface area (Å²) in [6.45, 7) is 0.264. The van der Waals surface area contributed by atoms with Crippen LogP contribution >= 0.6 is 11.6 Å². The number of carboxylic acid groups (broad SMARTS) is 1. The lowest BCUT2D eigenvalue weighted by Crippen LogP contribution is -2.20. The first kappa shape index (κ1) is 19.4. The average Bonchev–Trinajstić information content (AvgIpc) is 3.16. The second kappa shape index (κ2) is 8.54. The van der Waals surface area contributed by atoms with Gasteiger partial charge in [0.05, 0.1) is 10.6 Å². The summed E-state index contributed by atoms with van der Waals surface area (Å²) in [6, 6.07) is 13.9. The van der Waals surface area contributed by atoms with Gasteiger partial charge in [-0.3, -0.25) is 4.79 Å². The SMILES string of the molecule is O=C(/C=C/c1ccc(-c2ccc(F)c(Cl)c2)o1)NCc1ccc(C(=O)O)cc1. The molecule has 2 aromatic carbocycles. The summed E-state index contributed by atoms with van der Waals surface area (Å²) >= 11 is 5.77. The molecule has 0 saturated heterocycles. The Balaban J connectivity index is 1.57. The number of carbonyl (C=O) groups excluding carboxylic acids is 1. The second-order valence-electron chi connectivity index (χ2n) is 5.88. The van der Waals surface area contributed by atoms with Crippen LogP contribution in [0, 0.1) is 5.82 Å². The smallest absolute Gasteiger partial charge is 0.335 e. The highest BCUT2D eigenvalue weighted by Gasteiger charge is 2.07. The van der Waals surface area contributed by atoms with Crippen LogP contribution in [0.1, 0.15) is 21.7 Å². The van der Waals surface area contributed by atoms with Gasteiger partial charge in [0.1, 0.15) is 17.3 Å². The number of nitrogens with one attached hydrogen (secondary N) is 1. The van der Waals surface area contributed by atoms with Crippen molar-refractivity contribution in [3.63, 3.8) is 0 Å². The van der Waals surface area contributed by atoms with Gasteiger partial charge in [-0.15, -0.1) is 0 Å². The Bertz CT molecular complexity index is 1040. The quantitative estimate of drug-likeness (QED) is 0.585. The van der Waals surface area contributed by atoms with Crippen molar-refractivity contribution in [1.29, 1.82) is 0 Å². The topological polar surface area (TPSA) is 79.5 Å². The number of aromatic carboxylic acids is 1. The van der Waals surface area contributed by atoms with Crippen molar-refractivity contribution >= 4 is 29.6 Å². The van der Waals surface area contributed by atoms with Gasteiger partial charge in [-0.25, -0.2) is 9.18 Å². The van der Waals surface area contributed by atoms with Gasteiger partial charge in [-0.05, 0) is 54.1 Å². The van der Waals surface area contributed by atoms with Crippen molar-refractivity contribution in [3.05, 3.63) is 88.4 Å². The van der Waals surface area contributed by atoms with E-state index < -0.39 is 11.8 Å². The first-order valence-electron chi connectivity index (χ1n) is 8.26. The number of carboxylic acids is 1. The molecule has 0 saturated carbocycles. The predicted molar refractivity (Wildman–Crippen MR) is 103 cm³/mol. The number of furan rings is 1. The molecule has 1 heterocycles. The Morgan fingerprint density at radius 3 is 2.54 bits per heavy atom. The van der Waals surface area contributed by atoms with Crippen LogP contribution < -0.4 is 5.32 Å². The number of carbonyl (C=O) groups is 2. The third-order valence-electron chi connectivity index (χ3n) is 3.90. The van der Waals surface area contributed by atoms with Gasteiger partial charge in [0.15, 0.2) is 0 Å². The second-order valence-corrected chi connectivity index (χ2v) is 6.29. The first-order valence-corrected chi connectivity index (χ1v) is 8.63. The molecule has 0 spiro atoms. The Kier molecular flexibility index (Phi) is 5.91. The summed E-state index contributed by atoms with van der Waals surface area (Å²) in [5.41, 5.74) is 1.59. The minimum Gasteiger partial charge on any atom is -0.478 e. The average molecular weight is 400 g/mol. The highest BCUT2D eigenvalue weighted by molar-refractivity contribution is 6.31. The fourth-order valence-corrected chi connectivity index (χ4v) is 2.60. The van der Waals surface area contributed by atoms with Crippen LogP contribution in [0.4, 0.5) is 4.39 Å². The maximum Gasteiger partial charge on any atom is 0.335 e. The summed E-state index contributed by atoms with van der Waals surface area (Å²) in [5.74, 6) is -0.882. The van der Waals surface area contributed by atoms with Crippen molar-refractivity contribution in [2.45, 2.75) is 6.54 Å². The zero-order valence-corrected chi connectivity index (χ0v) is 15.2. The van der Waals surface area contributed by atoms with Crippen LogP contribution in [0.5, 0.6) is 0 Å². The summed E-state index contributed by atoms with van der Waals surface area (Å²) in [6.07, 6.45) is 2.84. The van der Waals surface area contributed by atoms with E-state index in [2.05, 4.69) is 5.32 Å². The lowest BCUT2D eigenvalue weighted by Gasteiger charge is -2.03. The van der Waals surface area contributed by atoms with E-state index >= 15 is 0 Å². The third-order valence-corrected chi connectivity index (χ3v) is 4.19. The lowest BCUT2D eigenvalue weighted by molar-refractivity contribution is -0.116. The van der Waals surface area contributed by atoms with Crippen molar-refractivity contribution in [3.8, 4) is 11.3 Å². The van der Waals surface area contributed by atoms with Crippen LogP contribution in [0.2, 0.25) is 5.02 Å². The molecule has 2 N–H and O–H groups in total. The fraction of sp³-hybridized carbons (Fsp3) is 0.0476. The standard InChI is InChI=1S/C21H15ClFNO4/c22-17-11-15(5-8-18(17)23)19-9-6-16(28-19)7-10-20(25)24-12-13-1-3-14(4-2-13)21(26)27/h1-11H,12H2,(H,24,25)(H,26,27)/b10-7+. The van der Waals surface area contributed by atoms with Crippen LogP contribution in [-0.2, 0) is 11.3 Å². The summed E-state index contributed by atoms with van der Waals surface area (Å²) in [7, 11) is 0. The monoisotopic (exact) mass is 399 g/mol. The molecule has 0 radical (unpaired) electrons. The van der Waals surface area contributed by atoms with Gasteiger partial charge in [0, 0.05) is 18.2 Å². The van der Waals surface area contributed by atoms with E-state index in [-0.39, 0.29) is 23.0 Å². The Morgan fingerprint density at radius 2 is 1.86 bits per heavy atom. The van der Waals surface area contributed by atoms with E-state index in [4.69, 9.17) is 21.1 Å². The minimum absolute atomic E-state index is 0.00163. The molecule has 0 aliphatic heterocycles. The number of hydrogen-bond donors (Lipinski definition) is 2. The maximum absolute atomic E-state index is 13.2. The molecular weight excluding hydrogens is 385 g/mol. The van der Waals surface area contributed by atoms with Gasteiger partial charge in [0.2, 0.25) is 5.91 Å². The first-order chi connectivity index (χ1) is 13.4. The van der Waals surface area contributed by atoms with Crippen molar-refractivity contribution < 1.29 is 23.5 Å². The molecule has 28 heavy (non-hydrogen) atoms. The van der Waals surface area contributed by atoms with E-state index in [0.29, 0.717) is 17.1 Å². The van der Waals surface area contributed by atoms with Crippen molar-refractivity contribution in [2.75, 3.05) is 0 Å². The Hall–Kier alpha value is -3.38. The predicted octanol–water partition coefficient (Wildman–Crippen LogP) is 4.77. The van der Waals surface area contributed by atoms with Gasteiger partial charge in [-0.2, -0.15) is 0 Å². The molecule has 3 aromatic rings. The zero-order chi connectivity index (χ0) is 20.1. The molecule has 0 bridgehead atoms. The van der Waals surface area contributed by atoms with E-state index in [1.54, 1.807) is 30.3 Å². The molecule has 7 heteroatoms. The number of rotatable bonds is 6. The number of halogens is 2. The lowest BCUT2D eigenvalue weighted by atomic mass is 10.1. The van der Waals surface area contributed by atoms with Crippen molar-refractivity contribution in [2.24, 2.45) is 0 Å². The highest BCUT2D eigenvalue weighted by atomic mass is 35.5. The molecule has 1 amide bonds. The number of hydrogen-bond acceptors (Lipinski definition) is 3. The minimum atomic E-state index is -1.00. The molecule has 0 aliphatic rings. The van der Waals surface area contributed by atoms with E-state index in [0.717, 1.165) is 5.56 Å². The molecule has 0 aliphatic carbocycles. The van der Waals surface area contributed by atoms with Gasteiger partial charge in [0.25, 0.3) is 0 Å². The normalized spacial score (nSPS) is 10.9. The number of amides is 1. The summed E-state index contributed by atoms with van der Waals surface area (Å²) in [5, 5.41) is 11.6. The van der Waals surface area contributed by atoms with Crippen LogP contribution in [0.25, 0.3) is 17.4 Å². The van der Waals surface area contributed by atoms with Gasteiger partial charge >= 0.3 is 5.97 Å². The molecule has 3 rings (SSSR count). The van der Waals surface area contributed by atoms with Gasteiger partial charge < -0.3 is 14.8 Å². The van der Waals surface area contributed by atoms with E-state index in [1.165, 1.54) is 36.4 Å². The maximum atomic E-state index is 13.2. The number of benzene rings is 2. The molecule has 5 nitrogen and oxygen atoms in total. The molecule has 1 aromatic heterocycles. The molecule has 0 atom stereocenters. The van der Waals surface area contributed by atoms with Crippen LogP contribution in [-0.4, -0.2) is 17.0 Å². The summed E-state index contributed by atoms with van der Waals surface area (Å²) < 4.78 is 18.8. The molecule has 142 valence electrons. The summed E-state index contributed by atoms with van der Waals surface area (Å²) in [4.78, 5) is 22.7. The highest BCUT2D eigenvalue weighted by Crippen LogP contribution is 2.26. The Morgan fingerprint density at radius 1 is 1.11 bits per heavy atom. The zero-order valence-electron chi connectivity index (χ0n) is 14.5. The van der Waals surface area contributed by atoms with Crippen molar-refractivity contribution in [1.82, 2.24) is 5.32 Å². The van der Waals surface area contributed by atoms with E-state index in [9.17, 15) is 14.0 Å². The van der Waals surface area contributed by atoms with Crippen LogP contribution in [0.15, 0.2) is 65.1 Å². The fourth-order valence-electron chi connectivity index (χ4n) is 2.42. The Labute approximate surface area is 165 Å². The third kappa shape index (κ3) is 4.86. The molecule has 0 unspecified atom stereocenters. The van der Waals surface area contributed by atoms with E-state index in [1.807, 2.05) is 0 Å².